The number of rotatable bonds is 9. The molecule has 0 saturated heterocycles. The Morgan fingerprint density at radius 1 is 0.842 bits per heavy atom. The molecule has 0 rings (SSSR count). The van der Waals surface area contributed by atoms with Crippen LogP contribution < -0.4 is 5.73 Å². The lowest BCUT2D eigenvalue weighted by Crippen LogP contribution is -2.31. The maximum atomic E-state index is 5.69. The quantitative estimate of drug-likeness (QED) is 0.521. The second-order valence-electron chi connectivity index (χ2n) is 6.44. The van der Waals surface area contributed by atoms with Gasteiger partial charge < -0.3 is 24.1 Å². The normalized spacial score (nSPS) is 13.3. The van der Waals surface area contributed by atoms with Crippen molar-refractivity contribution in [3.05, 3.63) is 0 Å². The maximum absolute atomic E-state index is 5.69. The minimum absolute atomic E-state index is 0.200. The molecule has 0 fully saturated rings. The molecule has 19 heavy (non-hydrogen) atoms. The Morgan fingerprint density at radius 2 is 1.26 bits per heavy atom. The highest BCUT2D eigenvalue weighted by atomic mass is 28.3. The van der Waals surface area contributed by atoms with Crippen molar-refractivity contribution >= 4 is 9.28 Å². The van der Waals surface area contributed by atoms with E-state index < -0.39 is 9.28 Å². The van der Waals surface area contributed by atoms with Crippen molar-refractivity contribution in [2.24, 2.45) is 5.73 Å². The Morgan fingerprint density at radius 3 is 1.58 bits per heavy atom. The van der Waals surface area contributed by atoms with Crippen molar-refractivity contribution in [3.63, 3.8) is 0 Å². The second kappa shape index (κ2) is 9.04. The Bertz CT molecular complexity index is 206. The smallest absolute Gasteiger partial charge is 0.324 e. The van der Waals surface area contributed by atoms with E-state index in [2.05, 4.69) is 0 Å². The lowest BCUT2D eigenvalue weighted by atomic mass is 10.2. The van der Waals surface area contributed by atoms with Crippen molar-refractivity contribution in [2.45, 2.75) is 65.2 Å². The molecule has 0 saturated carbocycles. The summed E-state index contributed by atoms with van der Waals surface area (Å²) in [6, 6.07) is 0.873. The summed E-state index contributed by atoms with van der Waals surface area (Å²) >= 11 is 0. The Hall–Kier alpha value is 0.0169. The van der Waals surface area contributed by atoms with Gasteiger partial charge in [0, 0.05) is 0 Å². The first-order valence-corrected chi connectivity index (χ1v) is 8.61. The third-order valence-electron chi connectivity index (χ3n) is 2.14. The average Bonchev–Trinajstić information content (AvgIpc) is 2.21. The molecule has 0 amide bonds. The first-order chi connectivity index (χ1) is 8.64. The predicted molar refractivity (Wildman–Crippen MR) is 79.2 cm³/mol. The maximum Gasteiger partial charge on any atom is 0.324 e. The van der Waals surface area contributed by atoms with Gasteiger partial charge in [0.2, 0.25) is 0 Å². The van der Waals surface area contributed by atoms with Crippen LogP contribution >= 0.6 is 0 Å². The summed E-state index contributed by atoms with van der Waals surface area (Å²) in [4.78, 5) is 0. The molecule has 6 heteroatoms. The minimum Gasteiger partial charge on any atom is -0.372 e. The van der Waals surface area contributed by atoms with Crippen molar-refractivity contribution in [1.82, 2.24) is 0 Å². The average molecular weight is 293 g/mol. The predicted octanol–water partition coefficient (Wildman–Crippen LogP) is 2.13. The van der Waals surface area contributed by atoms with Gasteiger partial charge in [-0.05, 0) is 60.6 Å². The fraction of sp³-hybridized carbons (Fsp3) is 1.00. The summed E-state index contributed by atoms with van der Waals surface area (Å²) in [5, 5.41) is 0. The van der Waals surface area contributed by atoms with Gasteiger partial charge in [-0.2, -0.15) is 0 Å². The number of hydrogen-bond donors (Lipinski definition) is 1. The highest BCUT2D eigenvalue weighted by Crippen LogP contribution is 2.10. The standard InChI is InChI=1S/C13H31NO4Si/c1-12(2,3)15-10-17-19(9-7-8-14)18-11-16-13(4,5)6/h19H,7-11,14H2,1-6H3. The lowest BCUT2D eigenvalue weighted by Gasteiger charge is -2.24. The fourth-order valence-electron chi connectivity index (χ4n) is 1.07. The van der Waals surface area contributed by atoms with E-state index in [0.717, 1.165) is 12.5 Å². The number of ether oxygens (including phenoxy) is 2. The zero-order chi connectivity index (χ0) is 14.9. The molecular weight excluding hydrogens is 262 g/mol. The third-order valence-corrected chi connectivity index (χ3v) is 4.03. The minimum atomic E-state index is -1.76. The molecule has 0 aliphatic rings. The summed E-state index contributed by atoms with van der Waals surface area (Å²) in [7, 11) is -1.76. The van der Waals surface area contributed by atoms with Crippen LogP contribution in [-0.4, -0.2) is 40.6 Å². The van der Waals surface area contributed by atoms with Gasteiger partial charge in [0.25, 0.3) is 0 Å². The van der Waals surface area contributed by atoms with Gasteiger partial charge in [-0.25, -0.2) is 0 Å². The Balaban J connectivity index is 3.94. The van der Waals surface area contributed by atoms with Crippen LogP contribution in [0.2, 0.25) is 6.04 Å². The highest BCUT2D eigenvalue weighted by molar-refractivity contribution is 6.44. The zero-order valence-electron chi connectivity index (χ0n) is 13.3. The Kier molecular flexibility index (Phi) is 9.05. The molecule has 0 aromatic carbocycles. The van der Waals surface area contributed by atoms with E-state index in [0.29, 0.717) is 6.54 Å². The van der Waals surface area contributed by atoms with E-state index in [9.17, 15) is 0 Å². The molecule has 0 aromatic heterocycles. The van der Waals surface area contributed by atoms with E-state index in [4.69, 9.17) is 24.1 Å². The van der Waals surface area contributed by atoms with Gasteiger partial charge in [0.1, 0.15) is 13.6 Å². The molecule has 0 unspecified atom stereocenters. The number of nitrogens with two attached hydrogens (primary N) is 1. The third kappa shape index (κ3) is 14.2. The first kappa shape index (κ1) is 19.0. The van der Waals surface area contributed by atoms with Crippen LogP contribution in [0.25, 0.3) is 0 Å². The second-order valence-corrected chi connectivity index (χ2v) is 8.55. The molecule has 116 valence electrons. The summed E-state index contributed by atoms with van der Waals surface area (Å²) in [6.07, 6.45) is 0.905. The van der Waals surface area contributed by atoms with Crippen LogP contribution in [0.3, 0.4) is 0 Å². The molecule has 0 aliphatic carbocycles. The molecule has 0 heterocycles. The van der Waals surface area contributed by atoms with Crippen LogP contribution in [0, 0.1) is 0 Å². The van der Waals surface area contributed by atoms with E-state index >= 15 is 0 Å². The summed E-state index contributed by atoms with van der Waals surface area (Å²) < 4.78 is 22.5. The summed E-state index contributed by atoms with van der Waals surface area (Å²) in [5.41, 5.74) is 5.12. The summed E-state index contributed by atoms with van der Waals surface area (Å²) in [5.74, 6) is 0. The van der Waals surface area contributed by atoms with Crippen LogP contribution in [0.5, 0.6) is 0 Å². The van der Waals surface area contributed by atoms with Gasteiger partial charge in [-0.3, -0.25) is 0 Å². The molecule has 5 nitrogen and oxygen atoms in total. The molecule has 0 spiro atoms. The highest BCUT2D eigenvalue weighted by Gasteiger charge is 2.17. The fourth-order valence-corrected chi connectivity index (χ4v) is 2.51. The largest absolute Gasteiger partial charge is 0.372 e. The van der Waals surface area contributed by atoms with E-state index in [-0.39, 0.29) is 24.8 Å². The monoisotopic (exact) mass is 293 g/mol. The topological polar surface area (TPSA) is 62.9 Å². The van der Waals surface area contributed by atoms with Gasteiger partial charge in [-0.15, -0.1) is 0 Å². The van der Waals surface area contributed by atoms with Gasteiger partial charge in [0.15, 0.2) is 0 Å². The molecule has 0 aliphatic heterocycles. The van der Waals surface area contributed by atoms with Crippen molar-refractivity contribution in [3.8, 4) is 0 Å². The van der Waals surface area contributed by atoms with E-state index in [1.54, 1.807) is 0 Å². The first-order valence-electron chi connectivity index (χ1n) is 6.85. The van der Waals surface area contributed by atoms with Gasteiger partial charge in [0.05, 0.1) is 11.2 Å². The zero-order valence-corrected chi connectivity index (χ0v) is 14.5. The lowest BCUT2D eigenvalue weighted by molar-refractivity contribution is -0.108. The van der Waals surface area contributed by atoms with Crippen molar-refractivity contribution in [2.75, 3.05) is 20.1 Å². The van der Waals surface area contributed by atoms with Crippen molar-refractivity contribution in [1.29, 1.82) is 0 Å². The van der Waals surface area contributed by atoms with Crippen LogP contribution in [0.1, 0.15) is 48.0 Å². The molecule has 0 radical (unpaired) electrons. The SMILES string of the molecule is CC(C)(C)OCO[SiH](CCCN)OCOC(C)(C)C. The molecular formula is C13H31NO4Si. The molecule has 0 aromatic rings. The summed E-state index contributed by atoms with van der Waals surface area (Å²) in [6.45, 7) is 13.2. The molecule has 0 bridgehead atoms. The number of hydrogen-bond acceptors (Lipinski definition) is 5. The molecule has 2 N–H and O–H groups in total. The van der Waals surface area contributed by atoms with E-state index in [1.165, 1.54) is 0 Å². The van der Waals surface area contributed by atoms with Crippen LogP contribution in [0.15, 0.2) is 0 Å². The van der Waals surface area contributed by atoms with E-state index in [1.807, 2.05) is 41.5 Å². The van der Waals surface area contributed by atoms with Gasteiger partial charge >= 0.3 is 9.28 Å². The van der Waals surface area contributed by atoms with Crippen LogP contribution in [0.4, 0.5) is 0 Å². The molecule has 0 atom stereocenters. The van der Waals surface area contributed by atoms with Gasteiger partial charge in [-0.1, -0.05) is 0 Å². The van der Waals surface area contributed by atoms with Crippen molar-refractivity contribution < 1.29 is 18.3 Å². The van der Waals surface area contributed by atoms with Crippen LogP contribution in [-0.2, 0) is 18.3 Å². The Labute approximate surface area is 119 Å².